The van der Waals surface area contributed by atoms with Gasteiger partial charge < -0.3 is 14.7 Å². The Labute approximate surface area is 229 Å². The van der Waals surface area contributed by atoms with Gasteiger partial charge in [-0.2, -0.15) is 0 Å². The normalized spacial score (nSPS) is 15.6. The quantitative estimate of drug-likeness (QED) is 0.216. The van der Waals surface area contributed by atoms with Crippen molar-refractivity contribution in [3.63, 3.8) is 0 Å². The van der Waals surface area contributed by atoms with Crippen molar-refractivity contribution in [1.82, 2.24) is 5.16 Å². The van der Waals surface area contributed by atoms with Crippen LogP contribution in [0.15, 0.2) is 89.5 Å². The highest BCUT2D eigenvalue weighted by molar-refractivity contribution is 5.79. The van der Waals surface area contributed by atoms with E-state index in [2.05, 4.69) is 55.4 Å². The third-order valence-corrected chi connectivity index (χ3v) is 8.15. The average molecular weight is 522 g/mol. The van der Waals surface area contributed by atoms with Gasteiger partial charge in [-0.15, -0.1) is 0 Å². The first-order chi connectivity index (χ1) is 18.6. The summed E-state index contributed by atoms with van der Waals surface area (Å²) in [5.74, 6) is 0.306. The lowest BCUT2D eigenvalue weighted by Gasteiger charge is -2.21. The molecule has 5 heteroatoms. The highest BCUT2D eigenvalue weighted by atomic mass is 16.5. The minimum absolute atomic E-state index is 0.00626. The van der Waals surface area contributed by atoms with Crippen LogP contribution in [0.4, 0.5) is 0 Å². The number of hydrogen-bond acceptors (Lipinski definition) is 4. The van der Waals surface area contributed by atoms with Gasteiger partial charge >= 0.3 is 5.97 Å². The van der Waals surface area contributed by atoms with Gasteiger partial charge in [0.1, 0.15) is 5.76 Å². The van der Waals surface area contributed by atoms with Crippen molar-refractivity contribution >= 4 is 11.7 Å². The van der Waals surface area contributed by atoms with Crippen LogP contribution < -0.4 is 0 Å². The Morgan fingerprint density at radius 3 is 2.08 bits per heavy atom. The average Bonchev–Trinajstić information content (AvgIpc) is 3.68. The van der Waals surface area contributed by atoms with E-state index in [4.69, 9.17) is 4.52 Å². The van der Waals surface area contributed by atoms with Crippen LogP contribution in [0.1, 0.15) is 61.9 Å². The van der Waals surface area contributed by atoms with Crippen LogP contribution in [0.25, 0.3) is 28.2 Å². The second-order valence-corrected chi connectivity index (χ2v) is 11.5. The summed E-state index contributed by atoms with van der Waals surface area (Å²) in [6.07, 6.45) is 4.05. The van der Waals surface area contributed by atoms with Crippen molar-refractivity contribution < 1.29 is 19.5 Å². The zero-order valence-electron chi connectivity index (χ0n) is 22.9. The summed E-state index contributed by atoms with van der Waals surface area (Å²) >= 11 is 0. The monoisotopic (exact) mass is 521 g/mol. The van der Waals surface area contributed by atoms with Crippen molar-refractivity contribution in [1.29, 1.82) is 0 Å². The largest absolute Gasteiger partial charge is 0.508 e. The molecule has 1 aromatic heterocycles. The molecule has 1 fully saturated rings. The number of carbonyl (C=O) groups is 1. The van der Waals surface area contributed by atoms with E-state index in [1.165, 1.54) is 0 Å². The van der Waals surface area contributed by atoms with Gasteiger partial charge in [-0.05, 0) is 60.3 Å². The van der Waals surface area contributed by atoms with Crippen LogP contribution >= 0.6 is 0 Å². The molecule has 0 radical (unpaired) electrons. The Morgan fingerprint density at radius 2 is 1.51 bits per heavy atom. The van der Waals surface area contributed by atoms with Gasteiger partial charge in [-0.1, -0.05) is 105 Å². The first kappa shape index (κ1) is 26.5. The lowest BCUT2D eigenvalue weighted by atomic mass is 9.83. The molecule has 5 rings (SSSR count). The van der Waals surface area contributed by atoms with Crippen molar-refractivity contribution in [2.75, 3.05) is 0 Å². The number of benzene rings is 3. The maximum Gasteiger partial charge on any atom is 0.310 e. The van der Waals surface area contributed by atoms with Gasteiger partial charge in [0, 0.05) is 16.7 Å². The van der Waals surface area contributed by atoms with Crippen LogP contribution in [-0.2, 0) is 11.2 Å². The first-order valence-electron chi connectivity index (χ1n) is 13.5. The number of aromatic nitrogens is 1. The van der Waals surface area contributed by atoms with Gasteiger partial charge in [-0.3, -0.25) is 4.79 Å². The molecule has 5 nitrogen and oxygen atoms in total. The molecule has 200 valence electrons. The predicted octanol–water partition coefficient (Wildman–Crippen LogP) is 8.45. The van der Waals surface area contributed by atoms with E-state index in [1.807, 2.05) is 62.4 Å². The number of carboxylic acid groups (broad SMARTS) is 1. The molecule has 1 aliphatic rings. The van der Waals surface area contributed by atoms with E-state index >= 15 is 0 Å². The highest BCUT2D eigenvalue weighted by Gasteiger charge is 2.54. The first-order valence-corrected chi connectivity index (χ1v) is 13.5. The van der Waals surface area contributed by atoms with E-state index in [0.29, 0.717) is 6.42 Å². The molecule has 39 heavy (non-hydrogen) atoms. The van der Waals surface area contributed by atoms with E-state index in [0.717, 1.165) is 57.7 Å². The fourth-order valence-corrected chi connectivity index (χ4v) is 5.46. The Bertz CT molecular complexity index is 1490. The lowest BCUT2D eigenvalue weighted by molar-refractivity contribution is -0.144. The molecule has 2 N–H and O–H groups in total. The zero-order valence-corrected chi connectivity index (χ0v) is 22.9. The molecule has 0 saturated heterocycles. The molecule has 1 atom stereocenters. The molecular formula is C34H35NO4. The van der Waals surface area contributed by atoms with E-state index in [1.54, 1.807) is 0 Å². The second kappa shape index (κ2) is 10.2. The number of aliphatic hydroxyl groups excluding tert-OH is 1. The summed E-state index contributed by atoms with van der Waals surface area (Å²) in [5.41, 5.74) is 5.89. The topological polar surface area (TPSA) is 83.6 Å². The molecule has 1 aliphatic carbocycles. The molecule has 1 unspecified atom stereocenters. The van der Waals surface area contributed by atoms with Crippen molar-refractivity contribution in [2.45, 2.75) is 52.9 Å². The number of aryl methyl sites for hydroxylation is 1. The SMILES string of the molecule is Cc1noc(-c2ccc(-c3ccc(C(C)C4(C(=O)O)CC4)cc3)cc2)c1CC(C)(C)/C=C(\O)c1ccccc1. The Kier molecular flexibility index (Phi) is 6.94. The summed E-state index contributed by atoms with van der Waals surface area (Å²) in [4.78, 5) is 11.7. The van der Waals surface area contributed by atoms with Crippen LogP contribution in [0.3, 0.4) is 0 Å². The molecule has 1 saturated carbocycles. The Morgan fingerprint density at radius 1 is 0.949 bits per heavy atom. The summed E-state index contributed by atoms with van der Waals surface area (Å²) < 4.78 is 5.78. The van der Waals surface area contributed by atoms with Crippen LogP contribution in [0.5, 0.6) is 0 Å². The molecule has 0 spiro atoms. The van der Waals surface area contributed by atoms with Gasteiger partial charge in [0.2, 0.25) is 0 Å². The van der Waals surface area contributed by atoms with Crippen molar-refractivity contribution in [3.8, 4) is 22.5 Å². The van der Waals surface area contributed by atoms with Gasteiger partial charge in [0.05, 0.1) is 11.1 Å². The maximum absolute atomic E-state index is 11.7. The molecule has 4 aromatic rings. The number of aliphatic carboxylic acids is 1. The smallest absolute Gasteiger partial charge is 0.310 e. The summed E-state index contributed by atoms with van der Waals surface area (Å²) in [6, 6.07) is 26.0. The minimum atomic E-state index is -0.691. The fraction of sp³-hybridized carbons (Fsp3) is 0.294. The Hall–Kier alpha value is -4.12. The zero-order chi connectivity index (χ0) is 27.8. The maximum atomic E-state index is 11.7. The fourth-order valence-electron chi connectivity index (χ4n) is 5.46. The van der Waals surface area contributed by atoms with Crippen LogP contribution in [0, 0.1) is 17.8 Å². The van der Waals surface area contributed by atoms with Gasteiger partial charge in [0.15, 0.2) is 5.76 Å². The van der Waals surface area contributed by atoms with Crippen LogP contribution in [-0.4, -0.2) is 21.3 Å². The number of aliphatic hydroxyl groups is 1. The third kappa shape index (κ3) is 5.40. The molecule has 0 aliphatic heterocycles. The molecule has 1 heterocycles. The van der Waals surface area contributed by atoms with Gasteiger partial charge in [-0.25, -0.2) is 0 Å². The summed E-state index contributed by atoms with van der Waals surface area (Å²) in [5, 5.41) is 24.6. The summed E-state index contributed by atoms with van der Waals surface area (Å²) in [6.45, 7) is 8.16. The number of hydrogen-bond donors (Lipinski definition) is 2. The standard InChI is InChI=1S/C34H35NO4/c1-22(34(18-19-34)32(37)38)24-10-12-25(13-11-24)26-14-16-28(17-15-26)31-29(23(2)35-39-31)20-33(3,4)21-30(36)27-8-6-5-7-9-27/h5-17,21-22,36H,18-20H2,1-4H3,(H,37,38)/b30-21-. The number of rotatable bonds is 9. The molecule has 0 bridgehead atoms. The minimum Gasteiger partial charge on any atom is -0.508 e. The second-order valence-electron chi connectivity index (χ2n) is 11.5. The number of allylic oxidation sites excluding steroid dienone is 1. The van der Waals surface area contributed by atoms with Gasteiger partial charge in [0.25, 0.3) is 0 Å². The van der Waals surface area contributed by atoms with E-state index in [-0.39, 0.29) is 17.1 Å². The van der Waals surface area contributed by atoms with Crippen molar-refractivity contribution in [2.24, 2.45) is 10.8 Å². The molecule has 0 amide bonds. The molecular weight excluding hydrogens is 486 g/mol. The number of nitrogens with zero attached hydrogens (tertiary/aromatic N) is 1. The molecule has 3 aromatic carbocycles. The van der Waals surface area contributed by atoms with E-state index < -0.39 is 11.4 Å². The van der Waals surface area contributed by atoms with Crippen molar-refractivity contribution in [3.05, 3.63) is 107 Å². The highest BCUT2D eigenvalue weighted by Crippen LogP contribution is 2.56. The third-order valence-electron chi connectivity index (χ3n) is 8.15. The summed E-state index contributed by atoms with van der Waals surface area (Å²) in [7, 11) is 0. The van der Waals surface area contributed by atoms with E-state index in [9.17, 15) is 15.0 Å². The van der Waals surface area contributed by atoms with Crippen LogP contribution in [0.2, 0.25) is 0 Å². The lowest BCUT2D eigenvalue weighted by Crippen LogP contribution is -2.21. The predicted molar refractivity (Wildman–Crippen MR) is 154 cm³/mol. The Balaban J connectivity index is 1.34. The number of carboxylic acids is 1.